The average Bonchev–Trinajstić information content (AvgIpc) is 3.18. The van der Waals surface area contributed by atoms with Crippen LogP contribution in [0.1, 0.15) is 12.6 Å². The molecule has 0 aliphatic carbocycles. The van der Waals surface area contributed by atoms with Crippen molar-refractivity contribution < 1.29 is 9.53 Å². The summed E-state index contributed by atoms with van der Waals surface area (Å²) in [7, 11) is 1.91. The number of amides is 1. The molecule has 0 spiro atoms. The number of aromatic nitrogens is 5. The van der Waals surface area contributed by atoms with Crippen molar-refractivity contribution in [2.24, 2.45) is 7.05 Å². The van der Waals surface area contributed by atoms with Crippen LogP contribution in [-0.4, -0.2) is 30.4 Å². The summed E-state index contributed by atoms with van der Waals surface area (Å²) >= 11 is 0. The number of ether oxygens (including phenoxy) is 1. The molecule has 0 unspecified atom stereocenters. The van der Waals surface area contributed by atoms with Gasteiger partial charge in [-0.25, -0.2) is 15.0 Å². The lowest BCUT2D eigenvalue weighted by Gasteiger charge is -2.11. The van der Waals surface area contributed by atoms with E-state index < -0.39 is 0 Å². The van der Waals surface area contributed by atoms with Crippen molar-refractivity contribution in [2.45, 2.75) is 13.8 Å². The van der Waals surface area contributed by atoms with E-state index in [9.17, 15) is 4.79 Å². The van der Waals surface area contributed by atoms with Gasteiger partial charge in [-0.15, -0.1) is 0 Å². The van der Waals surface area contributed by atoms with Crippen LogP contribution >= 0.6 is 0 Å². The molecule has 4 aromatic heterocycles. The third kappa shape index (κ3) is 4.62. The lowest BCUT2D eigenvalue weighted by Crippen LogP contribution is -2.11. The smallest absolute Gasteiger partial charge is 0.250 e. The molecule has 37 heavy (non-hydrogen) atoms. The van der Waals surface area contributed by atoms with Crippen molar-refractivity contribution in [1.29, 1.82) is 0 Å². The van der Waals surface area contributed by atoms with Crippen LogP contribution in [0.4, 0.5) is 11.5 Å². The second-order valence-electron chi connectivity index (χ2n) is 8.65. The molecule has 184 valence electrons. The fourth-order valence-corrected chi connectivity index (χ4v) is 4.09. The molecule has 9 nitrogen and oxygen atoms in total. The van der Waals surface area contributed by atoms with Crippen LogP contribution in [0.5, 0.6) is 11.6 Å². The Morgan fingerprint density at radius 1 is 1.05 bits per heavy atom. The van der Waals surface area contributed by atoms with E-state index in [-0.39, 0.29) is 5.91 Å². The Morgan fingerprint density at radius 2 is 1.84 bits per heavy atom. The van der Waals surface area contributed by atoms with Crippen LogP contribution in [0, 0.1) is 6.92 Å². The van der Waals surface area contributed by atoms with E-state index >= 15 is 0 Å². The van der Waals surface area contributed by atoms with E-state index in [0.29, 0.717) is 40.0 Å². The maximum atomic E-state index is 12.0. The second-order valence-corrected chi connectivity index (χ2v) is 8.65. The minimum absolute atomic E-state index is 0.258. The fraction of sp³-hybridized carbons (Fsp3) is 0.107. The second kappa shape index (κ2) is 9.54. The molecule has 1 aromatic carbocycles. The number of hydrogen-bond donors (Lipinski definition) is 2. The van der Waals surface area contributed by atoms with Gasteiger partial charge < -0.3 is 20.4 Å². The standard InChI is InChI=1S/C28H25N7O2/c1-16(2)28(36)34-19-10-13-21(30-14-19)25-23(24-26(29)31-15-32-27(24)35(25)4)18-8-11-20(12-9-18)37-22-7-5-6-17(3)33-22/h5-15H,1H2,2-4H3,(H,34,36)(H2,29,31,32). The molecule has 0 saturated heterocycles. The number of fused-ring (bicyclic) bond motifs is 1. The molecule has 0 fully saturated rings. The molecule has 3 N–H and O–H groups in total. The molecule has 0 bridgehead atoms. The van der Waals surface area contributed by atoms with E-state index in [1.807, 2.05) is 67.1 Å². The highest BCUT2D eigenvalue weighted by Crippen LogP contribution is 2.41. The van der Waals surface area contributed by atoms with Crippen LogP contribution in [0.25, 0.3) is 33.5 Å². The minimum Gasteiger partial charge on any atom is -0.439 e. The fourth-order valence-electron chi connectivity index (χ4n) is 4.09. The van der Waals surface area contributed by atoms with E-state index in [2.05, 4.69) is 31.8 Å². The van der Waals surface area contributed by atoms with Gasteiger partial charge in [-0.1, -0.05) is 24.8 Å². The van der Waals surface area contributed by atoms with Crippen molar-refractivity contribution in [3.05, 3.63) is 85.0 Å². The van der Waals surface area contributed by atoms with Crippen molar-refractivity contribution in [3.8, 4) is 34.1 Å². The average molecular weight is 492 g/mol. The van der Waals surface area contributed by atoms with E-state index in [1.54, 1.807) is 19.2 Å². The summed E-state index contributed by atoms with van der Waals surface area (Å²) in [5, 5.41) is 3.51. The molecule has 0 saturated carbocycles. The Morgan fingerprint density at radius 3 is 2.51 bits per heavy atom. The highest BCUT2D eigenvalue weighted by molar-refractivity contribution is 6.07. The van der Waals surface area contributed by atoms with Crippen LogP contribution in [0.3, 0.4) is 0 Å². The summed E-state index contributed by atoms with van der Waals surface area (Å²) < 4.78 is 7.87. The lowest BCUT2D eigenvalue weighted by atomic mass is 10.0. The van der Waals surface area contributed by atoms with Crippen LogP contribution in [-0.2, 0) is 11.8 Å². The molecule has 0 atom stereocenters. The number of nitrogens with two attached hydrogens (primary N) is 1. The zero-order valence-corrected chi connectivity index (χ0v) is 20.7. The Kier molecular flexibility index (Phi) is 6.10. The summed E-state index contributed by atoms with van der Waals surface area (Å²) in [5.74, 6) is 1.30. The van der Waals surface area contributed by atoms with Gasteiger partial charge in [-0.05, 0) is 49.7 Å². The van der Waals surface area contributed by atoms with Crippen molar-refractivity contribution >= 4 is 28.4 Å². The summed E-state index contributed by atoms with van der Waals surface area (Å²) in [6, 6.07) is 16.9. The number of nitrogen functional groups attached to an aromatic ring is 1. The maximum Gasteiger partial charge on any atom is 0.250 e. The number of hydrogen-bond acceptors (Lipinski definition) is 7. The summed E-state index contributed by atoms with van der Waals surface area (Å²) in [4.78, 5) is 29.7. The Labute approximate surface area is 213 Å². The van der Waals surface area contributed by atoms with E-state index in [1.165, 1.54) is 6.33 Å². The summed E-state index contributed by atoms with van der Waals surface area (Å²) in [5.41, 5.74) is 12.1. The molecule has 5 rings (SSSR count). The first-order valence-electron chi connectivity index (χ1n) is 11.6. The first-order chi connectivity index (χ1) is 17.8. The van der Waals surface area contributed by atoms with Crippen molar-refractivity contribution in [3.63, 3.8) is 0 Å². The number of pyridine rings is 2. The van der Waals surface area contributed by atoms with Gasteiger partial charge >= 0.3 is 0 Å². The monoisotopic (exact) mass is 491 g/mol. The number of benzene rings is 1. The summed E-state index contributed by atoms with van der Waals surface area (Å²) in [6.07, 6.45) is 3.05. The van der Waals surface area contributed by atoms with Crippen LogP contribution in [0.15, 0.2) is 79.3 Å². The molecule has 0 radical (unpaired) electrons. The van der Waals surface area contributed by atoms with Gasteiger partial charge in [0.05, 0.1) is 28.7 Å². The third-order valence-corrected chi connectivity index (χ3v) is 5.88. The van der Waals surface area contributed by atoms with Gasteiger partial charge in [0.2, 0.25) is 5.88 Å². The molecular weight excluding hydrogens is 466 g/mol. The van der Waals surface area contributed by atoms with Crippen LogP contribution in [0.2, 0.25) is 0 Å². The predicted octanol–water partition coefficient (Wildman–Crippen LogP) is 5.29. The van der Waals surface area contributed by atoms with Gasteiger partial charge in [0.15, 0.2) is 0 Å². The first kappa shape index (κ1) is 23.7. The third-order valence-electron chi connectivity index (χ3n) is 5.88. The zero-order chi connectivity index (χ0) is 26.1. The molecule has 0 aliphatic heterocycles. The number of nitrogens with one attached hydrogen (secondary N) is 1. The van der Waals surface area contributed by atoms with E-state index in [0.717, 1.165) is 27.9 Å². The Bertz CT molecular complexity index is 1640. The van der Waals surface area contributed by atoms with Gasteiger partial charge in [0.25, 0.3) is 5.91 Å². The predicted molar refractivity (Wildman–Crippen MR) is 144 cm³/mol. The van der Waals surface area contributed by atoms with Crippen molar-refractivity contribution in [2.75, 3.05) is 11.1 Å². The number of anilines is 2. The zero-order valence-electron chi connectivity index (χ0n) is 20.7. The maximum absolute atomic E-state index is 12.0. The molecule has 9 heteroatoms. The Hall–Kier alpha value is -5.05. The van der Waals surface area contributed by atoms with Gasteiger partial charge in [-0.3, -0.25) is 9.78 Å². The number of carbonyl (C=O) groups is 1. The van der Waals surface area contributed by atoms with Gasteiger partial charge in [-0.2, -0.15) is 0 Å². The van der Waals surface area contributed by atoms with Crippen molar-refractivity contribution in [1.82, 2.24) is 24.5 Å². The lowest BCUT2D eigenvalue weighted by molar-refractivity contribution is -0.112. The highest BCUT2D eigenvalue weighted by Gasteiger charge is 2.22. The van der Waals surface area contributed by atoms with E-state index in [4.69, 9.17) is 10.5 Å². The molecule has 5 aromatic rings. The Balaban J connectivity index is 1.58. The topological polar surface area (TPSA) is 121 Å². The quantitative estimate of drug-likeness (QED) is 0.310. The number of nitrogens with zero attached hydrogens (tertiary/aromatic N) is 5. The number of carbonyl (C=O) groups excluding carboxylic acids is 1. The number of aryl methyl sites for hydroxylation is 2. The summed E-state index contributed by atoms with van der Waals surface area (Å²) in [6.45, 7) is 7.23. The number of rotatable bonds is 6. The first-order valence-corrected chi connectivity index (χ1v) is 11.6. The SMILES string of the molecule is C=C(C)C(=O)Nc1ccc(-c2c(-c3ccc(Oc4cccc(C)n4)cc3)c3c(N)ncnc3n2C)nc1. The molecule has 1 amide bonds. The molecular formula is C28H25N7O2. The van der Waals surface area contributed by atoms with Gasteiger partial charge in [0, 0.05) is 29.9 Å². The normalized spacial score (nSPS) is 10.9. The van der Waals surface area contributed by atoms with Crippen LogP contribution < -0.4 is 15.8 Å². The minimum atomic E-state index is -0.258. The highest BCUT2D eigenvalue weighted by atomic mass is 16.5. The molecule has 0 aliphatic rings. The van der Waals surface area contributed by atoms with Gasteiger partial charge in [0.1, 0.15) is 23.5 Å². The molecule has 4 heterocycles. The largest absolute Gasteiger partial charge is 0.439 e.